The summed E-state index contributed by atoms with van der Waals surface area (Å²) >= 11 is 6.25. The number of halogens is 1. The predicted molar refractivity (Wildman–Crippen MR) is 207 cm³/mol. The number of aromatic nitrogens is 1. The average molecular weight is 802 g/mol. The van der Waals surface area contributed by atoms with Crippen LogP contribution in [0.3, 0.4) is 0 Å². The number of aliphatic hydroxyl groups is 1. The highest BCUT2D eigenvalue weighted by molar-refractivity contribution is 7.11. The molecule has 8 rings (SSSR count). The molecule has 4 atom stereocenters. The maximum absolute atomic E-state index is 11.7. The van der Waals surface area contributed by atoms with Crippen molar-refractivity contribution in [2.45, 2.75) is 155 Å². The molecule has 0 amide bonds. The first-order valence-corrected chi connectivity index (χ1v) is 19.9. The van der Waals surface area contributed by atoms with Crippen molar-refractivity contribution in [1.82, 2.24) is 10.3 Å². The fourth-order valence-corrected chi connectivity index (χ4v) is 7.79. The summed E-state index contributed by atoms with van der Waals surface area (Å²) in [5.74, 6) is -0.763. The third kappa shape index (κ3) is 8.36. The minimum atomic E-state index is -0.476. The maximum atomic E-state index is 11.7. The van der Waals surface area contributed by atoms with E-state index >= 15 is 0 Å². The summed E-state index contributed by atoms with van der Waals surface area (Å²) in [6.45, 7) is 20.3. The molecule has 0 aromatic carbocycles. The molecule has 7 aliphatic rings. The number of hydrogen-bond acceptors (Lipinski definition) is 14. The molecule has 1 aromatic rings. The number of carbonyl (C=O) groups excluding carboxylic acids is 1. The lowest BCUT2D eigenvalue weighted by Crippen LogP contribution is -2.41. The topological polar surface area (TPSA) is 179 Å². The third-order valence-corrected chi connectivity index (χ3v) is 12.3. The van der Waals surface area contributed by atoms with Crippen molar-refractivity contribution in [2.75, 3.05) is 13.2 Å². The fourth-order valence-electron chi connectivity index (χ4n) is 7.52. The first-order chi connectivity index (χ1) is 26.2. The van der Waals surface area contributed by atoms with Gasteiger partial charge in [0.1, 0.15) is 17.5 Å². The molecule has 56 heavy (non-hydrogen) atoms. The number of rotatable bonds is 6. The van der Waals surface area contributed by atoms with Crippen molar-refractivity contribution in [3.8, 4) is 0 Å². The van der Waals surface area contributed by atoms with Crippen LogP contribution >= 0.6 is 11.6 Å². The van der Waals surface area contributed by atoms with E-state index in [2.05, 4.69) is 10.3 Å². The number of allylic oxidation sites excluding steroid dienone is 2. The SMILES string of the molecule is CC1(C)OB(B2OC(C)(C)C(C)(C)O2)OC1(C)C.CCOC(=O)c1cc(Cl)c2c(n1)C1CCC(C2)O1.CCOC(O)=C1C=C([N+](=O)[O-])C2=C(N1)C1CCC(C2)O1. The zero-order chi connectivity index (χ0) is 41.0. The molecule has 306 valence electrons. The van der Waals surface area contributed by atoms with Crippen LogP contribution in [0.25, 0.3) is 0 Å². The van der Waals surface area contributed by atoms with Gasteiger partial charge in [0.25, 0.3) is 5.70 Å². The van der Waals surface area contributed by atoms with Gasteiger partial charge in [-0.2, -0.15) is 0 Å². The average Bonchev–Trinajstić information content (AvgIpc) is 3.82. The Morgan fingerprint density at radius 3 is 1.95 bits per heavy atom. The van der Waals surface area contributed by atoms with E-state index in [4.69, 9.17) is 49.2 Å². The molecule has 8 heterocycles. The van der Waals surface area contributed by atoms with Gasteiger partial charge in [-0.3, -0.25) is 10.1 Å². The molecule has 0 spiro atoms. The normalized spacial score (nSPS) is 29.1. The van der Waals surface area contributed by atoms with Crippen LogP contribution in [0.15, 0.2) is 40.8 Å². The van der Waals surface area contributed by atoms with E-state index in [9.17, 15) is 20.0 Å². The molecule has 18 heteroatoms. The lowest BCUT2D eigenvalue weighted by atomic mass is 9.49. The Morgan fingerprint density at radius 2 is 1.41 bits per heavy atom. The zero-order valence-corrected chi connectivity index (χ0v) is 34.7. The second-order valence-corrected chi connectivity index (χ2v) is 17.2. The molecule has 4 bridgehead atoms. The van der Waals surface area contributed by atoms with Crippen LogP contribution in [0.1, 0.15) is 129 Å². The number of pyridine rings is 1. The molecule has 4 saturated heterocycles. The van der Waals surface area contributed by atoms with Crippen molar-refractivity contribution < 1.29 is 52.4 Å². The molecule has 1 aromatic heterocycles. The number of hydrogen-bond donors (Lipinski definition) is 2. The van der Waals surface area contributed by atoms with E-state index in [0.717, 1.165) is 43.4 Å². The highest BCUT2D eigenvalue weighted by Crippen LogP contribution is 2.45. The molecule has 0 aliphatic carbocycles. The number of carbonyl (C=O) groups is 1. The maximum Gasteiger partial charge on any atom is 0.488 e. The minimum absolute atomic E-state index is 0.00868. The standard InChI is InChI=1S/C13H14ClNO3.C13H16N2O5.C12H24B2O4/c1-2-17-13(16)10-6-9(14)8-5-7-3-4-11(18-7)12(8)15-10;1-2-19-13(16)9-6-10(15(17)18)8-5-7-3-4-11(20-7)12(8)14-9;1-9(2)10(3,4)16-13(15-9)14-17-11(5,6)12(7,8)18-14/h6-7,11H,2-5H2,1H3;6-7,11,14,16H,2-5H2,1H3;1-8H3. The Labute approximate surface area is 334 Å². The molecule has 15 nitrogen and oxygen atoms in total. The number of nitro groups is 1. The fraction of sp³-hybridized carbons (Fsp3) is 0.684. The van der Waals surface area contributed by atoms with Gasteiger partial charge in [-0.15, -0.1) is 0 Å². The van der Waals surface area contributed by atoms with Gasteiger partial charge < -0.3 is 48.0 Å². The van der Waals surface area contributed by atoms with Crippen molar-refractivity contribution in [1.29, 1.82) is 0 Å². The van der Waals surface area contributed by atoms with E-state index in [1.54, 1.807) is 19.9 Å². The summed E-state index contributed by atoms with van der Waals surface area (Å²) in [4.78, 5) is 26.9. The molecule has 7 aliphatic heterocycles. The molecule has 2 N–H and O–H groups in total. The van der Waals surface area contributed by atoms with Crippen molar-refractivity contribution in [3.63, 3.8) is 0 Å². The lowest BCUT2D eigenvalue weighted by Gasteiger charge is -2.32. The number of fused-ring (bicyclic) bond motifs is 7. The number of nitrogens with zero attached hydrogens (tertiary/aromatic N) is 2. The molecular formula is C38H54B2ClN3O12. The summed E-state index contributed by atoms with van der Waals surface area (Å²) < 4.78 is 45.4. The van der Waals surface area contributed by atoms with Crippen LogP contribution in [0.2, 0.25) is 5.02 Å². The first kappa shape index (κ1) is 42.4. The number of ether oxygens (including phenoxy) is 4. The highest BCUT2D eigenvalue weighted by Gasteiger charge is 2.63. The number of dihydropyridines is 1. The Hall–Kier alpha value is -3.18. The highest BCUT2D eigenvalue weighted by atomic mass is 35.5. The van der Waals surface area contributed by atoms with Gasteiger partial charge in [0.05, 0.1) is 75.8 Å². The number of esters is 1. The summed E-state index contributed by atoms with van der Waals surface area (Å²) in [6.07, 6.45) is 6.54. The van der Waals surface area contributed by atoms with E-state index < -0.39 is 24.9 Å². The number of aliphatic hydroxyl groups excluding tert-OH is 1. The smallest absolute Gasteiger partial charge is 0.479 e. The monoisotopic (exact) mass is 801 g/mol. The van der Waals surface area contributed by atoms with Crippen molar-refractivity contribution in [3.05, 3.63) is 72.8 Å². The molecule has 0 saturated carbocycles. The van der Waals surface area contributed by atoms with Crippen LogP contribution in [0.5, 0.6) is 0 Å². The Balaban J connectivity index is 0.000000143. The first-order valence-electron chi connectivity index (χ1n) is 19.5. The third-order valence-electron chi connectivity index (χ3n) is 12.0. The van der Waals surface area contributed by atoms with Crippen molar-refractivity contribution >= 4 is 31.6 Å². The molecule has 0 radical (unpaired) electrons. The second-order valence-electron chi connectivity index (χ2n) is 16.8. The largest absolute Gasteiger partial charge is 0.488 e. The quantitative estimate of drug-likeness (QED) is 0.103. The van der Waals surface area contributed by atoms with E-state index in [1.165, 1.54) is 6.08 Å². The summed E-state index contributed by atoms with van der Waals surface area (Å²) in [7, 11) is -0.952. The summed E-state index contributed by atoms with van der Waals surface area (Å²) in [6, 6.07) is 1.60. The molecule has 4 fully saturated rings. The van der Waals surface area contributed by atoms with Crippen LogP contribution in [0.4, 0.5) is 0 Å². The Kier molecular flexibility index (Phi) is 12.0. The van der Waals surface area contributed by atoms with Crippen LogP contribution in [0, 0.1) is 10.1 Å². The van der Waals surface area contributed by atoms with Gasteiger partial charge in [0.15, 0.2) is 0 Å². The van der Waals surface area contributed by atoms with Crippen LogP contribution in [-0.2, 0) is 44.0 Å². The van der Waals surface area contributed by atoms with Crippen molar-refractivity contribution in [2.24, 2.45) is 0 Å². The van der Waals surface area contributed by atoms with Crippen LogP contribution < -0.4 is 5.32 Å². The Bertz CT molecular complexity index is 1750. The molecule has 4 unspecified atom stereocenters. The van der Waals surface area contributed by atoms with E-state index in [-0.39, 0.29) is 76.5 Å². The molecular weight excluding hydrogens is 748 g/mol. The van der Waals surface area contributed by atoms with E-state index in [0.29, 0.717) is 29.3 Å². The van der Waals surface area contributed by atoms with Gasteiger partial charge in [-0.25, -0.2) is 9.78 Å². The summed E-state index contributed by atoms with van der Waals surface area (Å²) in [5.41, 5.74) is 2.28. The van der Waals surface area contributed by atoms with Gasteiger partial charge in [-0.1, -0.05) is 11.6 Å². The zero-order valence-electron chi connectivity index (χ0n) is 34.0. The van der Waals surface area contributed by atoms with E-state index in [1.807, 2.05) is 55.4 Å². The minimum Gasteiger partial charge on any atom is -0.479 e. The number of nitrogens with one attached hydrogen (secondary N) is 1. The van der Waals surface area contributed by atoms with Crippen LogP contribution in [-0.4, -0.2) is 88.9 Å². The van der Waals surface area contributed by atoms with Gasteiger partial charge >= 0.3 is 25.9 Å². The summed E-state index contributed by atoms with van der Waals surface area (Å²) in [5, 5.41) is 24.7. The van der Waals surface area contributed by atoms with Gasteiger partial charge in [0.2, 0.25) is 0 Å². The second kappa shape index (κ2) is 15.9. The predicted octanol–water partition coefficient (Wildman–Crippen LogP) is 6.66. The van der Waals surface area contributed by atoms with Gasteiger partial charge in [0, 0.05) is 23.9 Å². The van der Waals surface area contributed by atoms with Gasteiger partial charge in [-0.05, 0) is 107 Å². The lowest BCUT2D eigenvalue weighted by molar-refractivity contribution is -0.421. The Morgan fingerprint density at radius 1 is 0.893 bits per heavy atom.